The van der Waals surface area contributed by atoms with Crippen molar-refractivity contribution in [1.82, 2.24) is 30.1 Å². The fraction of sp³-hybridized carbons (Fsp3) is 0.400. The summed E-state index contributed by atoms with van der Waals surface area (Å²) < 4.78 is 7.91. The average Bonchev–Trinajstić information content (AvgIpc) is 3.36. The summed E-state index contributed by atoms with van der Waals surface area (Å²) in [5.41, 5.74) is 3.70. The number of imidazole rings is 1. The Morgan fingerprint density at radius 3 is 2.71 bits per heavy atom. The zero-order valence-corrected chi connectivity index (χ0v) is 19.8. The number of urea groups is 1. The van der Waals surface area contributed by atoms with E-state index in [-0.39, 0.29) is 5.91 Å². The first-order valence-corrected chi connectivity index (χ1v) is 11.7. The van der Waals surface area contributed by atoms with Gasteiger partial charge in [0.15, 0.2) is 5.69 Å². The van der Waals surface area contributed by atoms with Gasteiger partial charge in [-0.2, -0.15) is 5.26 Å². The zero-order valence-electron chi connectivity index (χ0n) is 19.8. The molecule has 0 aliphatic carbocycles. The van der Waals surface area contributed by atoms with E-state index in [9.17, 15) is 14.9 Å². The lowest BCUT2D eigenvalue weighted by Gasteiger charge is -2.36. The minimum Gasteiger partial charge on any atom is -0.493 e. The number of rotatable bonds is 6. The molecule has 2 aromatic heterocycles. The van der Waals surface area contributed by atoms with Gasteiger partial charge in [-0.05, 0) is 56.0 Å². The fourth-order valence-electron chi connectivity index (χ4n) is 4.83. The highest BCUT2D eigenvalue weighted by atomic mass is 16.5. The molecular formula is C25H27N7O3. The van der Waals surface area contributed by atoms with E-state index in [1.54, 1.807) is 6.33 Å². The molecular weight excluding hydrogens is 446 g/mol. The van der Waals surface area contributed by atoms with Crippen LogP contribution in [0.5, 0.6) is 5.75 Å². The summed E-state index contributed by atoms with van der Waals surface area (Å²) in [5, 5.41) is 14.6. The number of carbonyl (C=O) groups is 2. The van der Waals surface area contributed by atoms with Crippen molar-refractivity contribution in [3.8, 4) is 23.1 Å². The van der Waals surface area contributed by atoms with E-state index in [0.717, 1.165) is 54.1 Å². The Labute approximate surface area is 202 Å². The largest absolute Gasteiger partial charge is 0.493 e. The van der Waals surface area contributed by atoms with Gasteiger partial charge >= 0.3 is 6.03 Å². The summed E-state index contributed by atoms with van der Waals surface area (Å²) in [6, 6.07) is 9.62. The van der Waals surface area contributed by atoms with Crippen LogP contribution in [-0.2, 0) is 11.8 Å². The van der Waals surface area contributed by atoms with Crippen LogP contribution >= 0.6 is 0 Å². The van der Waals surface area contributed by atoms with Gasteiger partial charge in [-0.1, -0.05) is 0 Å². The van der Waals surface area contributed by atoms with Gasteiger partial charge in [-0.3, -0.25) is 10.1 Å². The van der Waals surface area contributed by atoms with E-state index >= 15 is 0 Å². The van der Waals surface area contributed by atoms with Crippen molar-refractivity contribution in [2.75, 3.05) is 26.2 Å². The predicted molar refractivity (Wildman–Crippen MR) is 129 cm³/mol. The number of hydrogen-bond acceptors (Lipinski definition) is 7. The lowest BCUT2D eigenvalue weighted by atomic mass is 9.88. The standard InChI is InChI=1S/C25H27N7O3/c1-16-12-17(18-13-20-22(19(14-26)28-18)27-15-31(20)2)4-5-21(16)35-11-3-8-32-9-6-25(7-10-32)23(33)29-24(34)30-25/h4-5,12-13,15H,3,6-11H2,1-2H3,(H2,29,30,33,34). The van der Waals surface area contributed by atoms with Gasteiger partial charge in [-0.15, -0.1) is 0 Å². The van der Waals surface area contributed by atoms with E-state index in [0.29, 0.717) is 30.7 Å². The highest BCUT2D eigenvalue weighted by Crippen LogP contribution is 2.29. The number of benzene rings is 1. The Morgan fingerprint density at radius 2 is 2.03 bits per heavy atom. The number of nitrogens with zero attached hydrogens (tertiary/aromatic N) is 5. The number of ether oxygens (including phenoxy) is 1. The van der Waals surface area contributed by atoms with Crippen molar-refractivity contribution >= 4 is 23.0 Å². The molecule has 0 radical (unpaired) electrons. The molecule has 2 N–H and O–H groups in total. The minimum atomic E-state index is -0.729. The highest BCUT2D eigenvalue weighted by molar-refractivity contribution is 6.07. The predicted octanol–water partition coefficient (Wildman–Crippen LogP) is 2.26. The number of imide groups is 1. The molecule has 0 atom stereocenters. The molecule has 3 amide bonds. The monoisotopic (exact) mass is 473 g/mol. The van der Waals surface area contributed by atoms with E-state index in [1.807, 2.05) is 42.8 Å². The van der Waals surface area contributed by atoms with Gasteiger partial charge in [0.25, 0.3) is 5.91 Å². The number of pyridine rings is 1. The number of aryl methyl sites for hydroxylation is 2. The summed E-state index contributed by atoms with van der Waals surface area (Å²) in [7, 11) is 1.90. The second-order valence-corrected chi connectivity index (χ2v) is 9.21. The van der Waals surface area contributed by atoms with Gasteiger partial charge in [0.1, 0.15) is 22.9 Å². The maximum absolute atomic E-state index is 12.1. The van der Waals surface area contributed by atoms with E-state index in [2.05, 4.69) is 31.6 Å². The van der Waals surface area contributed by atoms with Crippen LogP contribution in [-0.4, -0.2) is 63.2 Å². The van der Waals surface area contributed by atoms with Crippen molar-refractivity contribution in [1.29, 1.82) is 5.26 Å². The van der Waals surface area contributed by atoms with Crippen LogP contribution in [0.1, 0.15) is 30.5 Å². The maximum Gasteiger partial charge on any atom is 0.322 e. The molecule has 35 heavy (non-hydrogen) atoms. The number of aromatic nitrogens is 3. The second kappa shape index (κ2) is 9.00. The maximum atomic E-state index is 12.1. The molecule has 5 rings (SSSR count). The van der Waals surface area contributed by atoms with Gasteiger partial charge in [-0.25, -0.2) is 14.8 Å². The molecule has 0 bridgehead atoms. The molecule has 4 heterocycles. The molecule has 2 saturated heterocycles. The topological polar surface area (TPSA) is 125 Å². The van der Waals surface area contributed by atoms with E-state index in [1.165, 1.54) is 0 Å². The van der Waals surface area contributed by atoms with Gasteiger partial charge in [0.2, 0.25) is 0 Å². The van der Waals surface area contributed by atoms with Crippen LogP contribution in [0.25, 0.3) is 22.3 Å². The summed E-state index contributed by atoms with van der Waals surface area (Å²) in [4.78, 5) is 34.6. The second-order valence-electron chi connectivity index (χ2n) is 9.21. The van der Waals surface area contributed by atoms with Crippen LogP contribution < -0.4 is 15.4 Å². The van der Waals surface area contributed by atoms with Crippen LogP contribution in [0.4, 0.5) is 4.79 Å². The molecule has 1 spiro atoms. The molecule has 10 heteroatoms. The van der Waals surface area contributed by atoms with Crippen molar-refractivity contribution in [3.63, 3.8) is 0 Å². The quantitative estimate of drug-likeness (QED) is 0.415. The van der Waals surface area contributed by atoms with Crippen molar-refractivity contribution < 1.29 is 14.3 Å². The number of piperidine rings is 1. The van der Waals surface area contributed by atoms with Crippen LogP contribution in [0.3, 0.4) is 0 Å². The molecule has 180 valence electrons. The van der Waals surface area contributed by atoms with Crippen LogP contribution in [0.2, 0.25) is 0 Å². The highest BCUT2D eigenvalue weighted by Gasteiger charge is 2.47. The smallest absolute Gasteiger partial charge is 0.322 e. The molecule has 10 nitrogen and oxygen atoms in total. The van der Waals surface area contributed by atoms with Crippen molar-refractivity contribution in [3.05, 3.63) is 41.9 Å². The Morgan fingerprint density at radius 1 is 1.23 bits per heavy atom. The Bertz CT molecular complexity index is 1350. The molecule has 2 aliphatic heterocycles. The molecule has 0 unspecified atom stereocenters. The van der Waals surface area contributed by atoms with Crippen molar-refractivity contribution in [2.24, 2.45) is 7.05 Å². The zero-order chi connectivity index (χ0) is 24.6. The van der Waals surface area contributed by atoms with Gasteiger partial charge < -0.3 is 19.5 Å². The Balaban J connectivity index is 1.16. The van der Waals surface area contributed by atoms with Gasteiger partial charge in [0, 0.05) is 32.2 Å². The molecule has 2 fully saturated rings. The summed E-state index contributed by atoms with van der Waals surface area (Å²) in [6.07, 6.45) is 3.79. The third kappa shape index (κ3) is 4.31. The molecule has 2 aliphatic rings. The third-order valence-corrected chi connectivity index (χ3v) is 6.89. The number of fused-ring (bicyclic) bond motifs is 1. The first-order valence-electron chi connectivity index (χ1n) is 11.7. The number of hydrogen-bond donors (Lipinski definition) is 2. The number of nitriles is 1. The molecule has 1 aromatic carbocycles. The van der Waals surface area contributed by atoms with Crippen LogP contribution in [0, 0.1) is 18.3 Å². The van der Waals surface area contributed by atoms with Gasteiger partial charge in [0.05, 0.1) is 24.1 Å². The number of carbonyl (C=O) groups excluding carboxylic acids is 2. The van der Waals surface area contributed by atoms with Crippen LogP contribution in [0.15, 0.2) is 30.6 Å². The van der Waals surface area contributed by atoms with Crippen molar-refractivity contribution in [2.45, 2.75) is 31.7 Å². The lowest BCUT2D eigenvalue weighted by molar-refractivity contribution is -0.125. The Kier molecular flexibility index (Phi) is 5.86. The summed E-state index contributed by atoms with van der Waals surface area (Å²) >= 11 is 0. The number of amides is 3. The summed E-state index contributed by atoms with van der Waals surface area (Å²) in [5.74, 6) is 0.613. The van der Waals surface area contributed by atoms with E-state index in [4.69, 9.17) is 4.74 Å². The van der Waals surface area contributed by atoms with E-state index < -0.39 is 11.6 Å². The lowest BCUT2D eigenvalue weighted by Crippen LogP contribution is -2.54. The average molecular weight is 474 g/mol. The SMILES string of the molecule is Cc1cc(-c2cc3c(ncn3C)c(C#N)n2)ccc1OCCCN1CCC2(CC1)NC(=O)NC2=O. The number of likely N-dealkylation sites (tertiary alicyclic amines) is 1. The first-order chi connectivity index (χ1) is 16.9. The molecule has 0 saturated carbocycles. The minimum absolute atomic E-state index is 0.205. The first kappa shape index (κ1) is 22.8. The normalized spacial score (nSPS) is 17.4. The molecule has 3 aromatic rings. The summed E-state index contributed by atoms with van der Waals surface area (Å²) in [6.45, 7) is 4.98. The fourth-order valence-corrected chi connectivity index (χ4v) is 4.83. The third-order valence-electron chi connectivity index (χ3n) is 6.89. The number of nitrogens with one attached hydrogen (secondary N) is 2. The Hall–Kier alpha value is -3.97.